The van der Waals surface area contributed by atoms with Gasteiger partial charge < -0.3 is 15.4 Å². The molecular formula is C11H20N2O4S. The minimum absolute atomic E-state index is 0.0369. The van der Waals surface area contributed by atoms with Crippen molar-refractivity contribution in [3.63, 3.8) is 0 Å². The number of rotatable bonds is 3. The molecule has 1 atom stereocenters. The Balaban J connectivity index is 1.93. The second-order valence-electron chi connectivity index (χ2n) is 5.05. The molecule has 0 aromatic carbocycles. The molecular weight excluding hydrogens is 256 g/mol. The molecule has 0 aromatic heterocycles. The number of ether oxygens (including phenoxy) is 1. The number of nitrogens with zero attached hydrogens (tertiary/aromatic N) is 1. The smallest absolute Gasteiger partial charge is 0.248 e. The summed E-state index contributed by atoms with van der Waals surface area (Å²) in [6, 6.07) is -0.0650. The molecule has 6 nitrogen and oxygen atoms in total. The molecule has 1 unspecified atom stereocenters. The molecule has 2 rings (SSSR count). The fourth-order valence-electron chi connectivity index (χ4n) is 2.50. The van der Waals surface area contributed by atoms with Gasteiger partial charge in [0.15, 0.2) is 0 Å². The zero-order chi connectivity index (χ0) is 13.2. The molecule has 2 heterocycles. The van der Waals surface area contributed by atoms with E-state index in [2.05, 4.69) is 0 Å². The van der Waals surface area contributed by atoms with Gasteiger partial charge in [0, 0.05) is 13.1 Å². The van der Waals surface area contributed by atoms with Crippen LogP contribution in [0.25, 0.3) is 0 Å². The predicted molar refractivity (Wildman–Crippen MR) is 66.8 cm³/mol. The van der Waals surface area contributed by atoms with Crippen LogP contribution in [0.4, 0.5) is 0 Å². The van der Waals surface area contributed by atoms with Crippen LogP contribution in [-0.4, -0.2) is 63.1 Å². The number of morpholine rings is 1. The van der Waals surface area contributed by atoms with E-state index in [1.165, 1.54) is 0 Å². The molecule has 2 N–H and O–H groups in total. The minimum Gasteiger partial charge on any atom is -0.369 e. The number of hydrogen-bond acceptors (Lipinski definition) is 5. The van der Waals surface area contributed by atoms with E-state index in [0.29, 0.717) is 32.5 Å². The molecule has 0 aliphatic carbocycles. The van der Waals surface area contributed by atoms with E-state index < -0.39 is 9.84 Å². The lowest BCUT2D eigenvalue weighted by atomic mass is 10.0. The van der Waals surface area contributed by atoms with E-state index in [4.69, 9.17) is 10.5 Å². The Kier molecular flexibility index (Phi) is 4.24. The van der Waals surface area contributed by atoms with Crippen LogP contribution >= 0.6 is 0 Å². The molecule has 2 aliphatic heterocycles. The van der Waals surface area contributed by atoms with Gasteiger partial charge in [-0.2, -0.15) is 0 Å². The zero-order valence-electron chi connectivity index (χ0n) is 10.4. The molecule has 2 aliphatic rings. The zero-order valence-corrected chi connectivity index (χ0v) is 11.2. The van der Waals surface area contributed by atoms with Crippen LogP contribution < -0.4 is 5.73 Å². The summed E-state index contributed by atoms with van der Waals surface area (Å²) < 4.78 is 27.9. The van der Waals surface area contributed by atoms with Gasteiger partial charge in [-0.25, -0.2) is 8.42 Å². The number of carbonyl (C=O) groups excluding carboxylic acids is 1. The molecule has 0 aromatic rings. The van der Waals surface area contributed by atoms with E-state index in [1.54, 1.807) is 4.90 Å². The minimum atomic E-state index is -2.84. The highest BCUT2D eigenvalue weighted by atomic mass is 32.2. The fourth-order valence-corrected chi connectivity index (χ4v) is 4.09. The van der Waals surface area contributed by atoms with Crippen LogP contribution in [0.15, 0.2) is 0 Å². The maximum atomic E-state index is 11.8. The first-order valence-corrected chi connectivity index (χ1v) is 8.11. The second kappa shape index (κ2) is 5.54. The highest BCUT2D eigenvalue weighted by Crippen LogP contribution is 2.21. The molecule has 0 spiro atoms. The van der Waals surface area contributed by atoms with E-state index in [-0.39, 0.29) is 36.0 Å². The summed E-state index contributed by atoms with van der Waals surface area (Å²) in [4.78, 5) is 13.6. The third-order valence-corrected chi connectivity index (χ3v) is 5.41. The highest BCUT2D eigenvalue weighted by Gasteiger charge is 2.32. The van der Waals surface area contributed by atoms with Crippen molar-refractivity contribution in [1.29, 1.82) is 0 Å². The SMILES string of the molecule is NCC1COCC(=O)N1CC1CCS(=O)(=O)CC1. The third-order valence-electron chi connectivity index (χ3n) is 3.70. The van der Waals surface area contributed by atoms with Crippen LogP contribution in [0.1, 0.15) is 12.8 Å². The average molecular weight is 276 g/mol. The van der Waals surface area contributed by atoms with Crippen molar-refractivity contribution in [3.8, 4) is 0 Å². The molecule has 7 heteroatoms. The van der Waals surface area contributed by atoms with Gasteiger partial charge in [-0.1, -0.05) is 0 Å². The molecule has 0 radical (unpaired) electrons. The van der Waals surface area contributed by atoms with Gasteiger partial charge in [0.05, 0.1) is 24.2 Å². The first-order valence-electron chi connectivity index (χ1n) is 6.29. The summed E-state index contributed by atoms with van der Waals surface area (Å²) in [7, 11) is -2.84. The summed E-state index contributed by atoms with van der Waals surface area (Å²) in [5.41, 5.74) is 5.63. The maximum Gasteiger partial charge on any atom is 0.248 e. The number of amides is 1. The molecule has 1 amide bonds. The Morgan fingerprint density at radius 3 is 2.61 bits per heavy atom. The fraction of sp³-hybridized carbons (Fsp3) is 0.909. The summed E-state index contributed by atoms with van der Waals surface area (Å²) >= 11 is 0. The summed E-state index contributed by atoms with van der Waals surface area (Å²) in [6.45, 7) is 1.59. The normalized spacial score (nSPS) is 29.5. The largest absolute Gasteiger partial charge is 0.369 e. The summed E-state index contributed by atoms with van der Waals surface area (Å²) in [5.74, 6) is 0.710. The van der Waals surface area contributed by atoms with E-state index in [1.807, 2.05) is 0 Å². The van der Waals surface area contributed by atoms with Gasteiger partial charge >= 0.3 is 0 Å². The first kappa shape index (κ1) is 13.8. The van der Waals surface area contributed by atoms with Crippen molar-refractivity contribution in [2.75, 3.05) is 37.8 Å². The van der Waals surface area contributed by atoms with Crippen LogP contribution in [0.2, 0.25) is 0 Å². The lowest BCUT2D eigenvalue weighted by Gasteiger charge is -2.37. The Morgan fingerprint density at radius 2 is 2.00 bits per heavy atom. The first-order chi connectivity index (χ1) is 8.52. The molecule has 18 heavy (non-hydrogen) atoms. The van der Waals surface area contributed by atoms with Crippen molar-refractivity contribution in [3.05, 3.63) is 0 Å². The van der Waals surface area contributed by atoms with Crippen LogP contribution in [-0.2, 0) is 19.4 Å². The number of sulfone groups is 1. The summed E-state index contributed by atoms with van der Waals surface area (Å²) in [5, 5.41) is 0. The quantitative estimate of drug-likeness (QED) is 0.714. The summed E-state index contributed by atoms with van der Waals surface area (Å²) in [6.07, 6.45) is 1.29. The molecule has 104 valence electrons. The van der Waals surface area contributed by atoms with Gasteiger partial charge in [-0.05, 0) is 18.8 Å². The monoisotopic (exact) mass is 276 g/mol. The number of carbonyl (C=O) groups is 1. The lowest BCUT2D eigenvalue weighted by molar-refractivity contribution is -0.148. The number of hydrogen-bond donors (Lipinski definition) is 1. The maximum absolute atomic E-state index is 11.8. The Bertz CT molecular complexity index is 395. The number of nitrogens with two attached hydrogens (primary N) is 1. The Morgan fingerprint density at radius 1 is 1.33 bits per heavy atom. The van der Waals surface area contributed by atoms with Gasteiger partial charge in [0.1, 0.15) is 16.4 Å². The topological polar surface area (TPSA) is 89.7 Å². The van der Waals surface area contributed by atoms with Gasteiger partial charge in [-0.15, -0.1) is 0 Å². The Labute approximate surface area is 107 Å². The van der Waals surface area contributed by atoms with Gasteiger partial charge in [-0.3, -0.25) is 4.79 Å². The van der Waals surface area contributed by atoms with E-state index >= 15 is 0 Å². The van der Waals surface area contributed by atoms with Crippen LogP contribution in [0.5, 0.6) is 0 Å². The second-order valence-corrected chi connectivity index (χ2v) is 7.35. The van der Waals surface area contributed by atoms with Gasteiger partial charge in [0.25, 0.3) is 0 Å². The molecule has 2 fully saturated rings. The predicted octanol–water partition coefficient (Wildman–Crippen LogP) is -1.00. The lowest BCUT2D eigenvalue weighted by Crippen LogP contribution is -2.54. The van der Waals surface area contributed by atoms with Crippen LogP contribution in [0, 0.1) is 5.92 Å². The van der Waals surface area contributed by atoms with Crippen molar-refractivity contribution in [1.82, 2.24) is 4.90 Å². The standard InChI is InChI=1S/C11H20N2O4S/c12-5-10-7-17-8-11(14)13(10)6-9-1-3-18(15,16)4-2-9/h9-10H,1-8,12H2. The van der Waals surface area contributed by atoms with Crippen molar-refractivity contribution < 1.29 is 17.9 Å². The molecule has 2 saturated heterocycles. The molecule has 0 bridgehead atoms. The van der Waals surface area contributed by atoms with E-state index in [9.17, 15) is 13.2 Å². The van der Waals surface area contributed by atoms with Crippen molar-refractivity contribution in [2.24, 2.45) is 11.7 Å². The Hall–Kier alpha value is -0.660. The van der Waals surface area contributed by atoms with E-state index in [0.717, 1.165) is 0 Å². The van der Waals surface area contributed by atoms with Crippen LogP contribution in [0.3, 0.4) is 0 Å². The van der Waals surface area contributed by atoms with Crippen molar-refractivity contribution >= 4 is 15.7 Å². The van der Waals surface area contributed by atoms with Gasteiger partial charge in [0.2, 0.25) is 5.91 Å². The molecule has 0 saturated carbocycles. The highest BCUT2D eigenvalue weighted by molar-refractivity contribution is 7.91. The van der Waals surface area contributed by atoms with Crippen molar-refractivity contribution in [2.45, 2.75) is 18.9 Å². The average Bonchev–Trinajstić information content (AvgIpc) is 2.34. The third kappa shape index (κ3) is 3.21.